The van der Waals surface area contributed by atoms with Crippen LogP contribution in [0.25, 0.3) is 6.08 Å². The number of carbonyl (C=O) groups is 1. The van der Waals surface area contributed by atoms with Gasteiger partial charge in [-0.25, -0.2) is 14.2 Å². The molecule has 0 bridgehead atoms. The molecule has 2 aliphatic heterocycles. The lowest BCUT2D eigenvalue weighted by Crippen LogP contribution is -2.05. The van der Waals surface area contributed by atoms with Crippen LogP contribution in [0.5, 0.6) is 11.5 Å². The lowest BCUT2D eigenvalue weighted by atomic mass is 10.1. The molecule has 138 valence electrons. The van der Waals surface area contributed by atoms with Crippen LogP contribution in [0.3, 0.4) is 0 Å². The normalized spacial score (nSPS) is 17.4. The first-order valence-electron chi connectivity index (χ1n) is 8.83. The predicted molar refractivity (Wildman–Crippen MR) is 98.3 cm³/mol. The third kappa shape index (κ3) is 4.16. The van der Waals surface area contributed by atoms with Gasteiger partial charge < -0.3 is 14.2 Å². The molecule has 0 saturated carbocycles. The minimum absolute atomic E-state index is 0.249. The van der Waals surface area contributed by atoms with Crippen molar-refractivity contribution in [3.8, 4) is 11.5 Å². The number of fused-ring (bicyclic) bond motifs is 1. The summed E-state index contributed by atoms with van der Waals surface area (Å²) in [6.07, 6.45) is 3.58. The fourth-order valence-electron chi connectivity index (χ4n) is 2.89. The first-order valence-corrected chi connectivity index (χ1v) is 8.83. The van der Waals surface area contributed by atoms with Crippen LogP contribution < -0.4 is 9.47 Å². The SMILES string of the molecule is O=C1OC(CCc2ccc(F)cc2)=N/C1=C/c1ccc2c(c1)OCCCO2. The maximum absolute atomic E-state index is 12.9. The Hall–Kier alpha value is -3.15. The summed E-state index contributed by atoms with van der Waals surface area (Å²) in [7, 11) is 0. The smallest absolute Gasteiger partial charge is 0.363 e. The lowest BCUT2D eigenvalue weighted by molar-refractivity contribution is -0.130. The van der Waals surface area contributed by atoms with Crippen LogP contribution in [-0.4, -0.2) is 25.1 Å². The molecule has 2 aromatic carbocycles. The van der Waals surface area contributed by atoms with E-state index in [2.05, 4.69) is 4.99 Å². The Bertz CT molecular complexity index is 918. The number of cyclic esters (lactones) is 1. The van der Waals surface area contributed by atoms with Gasteiger partial charge in [0, 0.05) is 12.8 Å². The van der Waals surface area contributed by atoms with Crippen molar-refractivity contribution >= 4 is 17.9 Å². The molecule has 4 rings (SSSR count). The molecule has 0 atom stereocenters. The van der Waals surface area contributed by atoms with E-state index < -0.39 is 5.97 Å². The van der Waals surface area contributed by atoms with Gasteiger partial charge in [0.2, 0.25) is 0 Å². The third-order valence-electron chi connectivity index (χ3n) is 4.28. The molecule has 5 nitrogen and oxygen atoms in total. The predicted octanol–water partition coefficient (Wildman–Crippen LogP) is 3.92. The molecule has 27 heavy (non-hydrogen) atoms. The first-order chi connectivity index (χ1) is 13.2. The summed E-state index contributed by atoms with van der Waals surface area (Å²) in [5.41, 5.74) is 1.99. The average Bonchev–Trinajstić information content (AvgIpc) is 2.87. The second kappa shape index (κ2) is 7.61. The van der Waals surface area contributed by atoms with Crippen LogP contribution in [0.2, 0.25) is 0 Å². The molecule has 0 radical (unpaired) electrons. The number of aryl methyl sites for hydroxylation is 1. The number of esters is 1. The van der Waals surface area contributed by atoms with Gasteiger partial charge >= 0.3 is 5.97 Å². The van der Waals surface area contributed by atoms with Gasteiger partial charge in [-0.15, -0.1) is 0 Å². The largest absolute Gasteiger partial charge is 0.490 e. The van der Waals surface area contributed by atoms with Crippen LogP contribution in [0, 0.1) is 5.82 Å². The van der Waals surface area contributed by atoms with Crippen molar-refractivity contribution in [2.45, 2.75) is 19.3 Å². The number of ether oxygens (including phenoxy) is 3. The molecule has 6 heteroatoms. The number of hydrogen-bond donors (Lipinski definition) is 0. The van der Waals surface area contributed by atoms with Crippen molar-refractivity contribution in [3.05, 3.63) is 65.1 Å². The zero-order valence-corrected chi connectivity index (χ0v) is 14.6. The Morgan fingerprint density at radius 2 is 1.78 bits per heavy atom. The fourth-order valence-corrected chi connectivity index (χ4v) is 2.89. The average molecular weight is 367 g/mol. The molecule has 0 fully saturated rings. The summed E-state index contributed by atoms with van der Waals surface area (Å²) in [5, 5.41) is 0. The number of carbonyl (C=O) groups excluding carboxylic acids is 1. The topological polar surface area (TPSA) is 57.1 Å². The number of nitrogens with zero attached hydrogens (tertiary/aromatic N) is 1. The highest BCUT2D eigenvalue weighted by atomic mass is 19.1. The van der Waals surface area contributed by atoms with E-state index in [4.69, 9.17) is 14.2 Å². The van der Waals surface area contributed by atoms with E-state index in [1.54, 1.807) is 18.2 Å². The van der Waals surface area contributed by atoms with Gasteiger partial charge in [-0.1, -0.05) is 18.2 Å². The Kier molecular flexibility index (Phi) is 4.87. The van der Waals surface area contributed by atoms with Crippen molar-refractivity contribution in [2.75, 3.05) is 13.2 Å². The number of halogens is 1. The molecule has 0 N–H and O–H groups in total. The third-order valence-corrected chi connectivity index (χ3v) is 4.28. The maximum Gasteiger partial charge on any atom is 0.363 e. The van der Waals surface area contributed by atoms with Crippen LogP contribution in [-0.2, 0) is 16.0 Å². The van der Waals surface area contributed by atoms with Gasteiger partial charge in [0.15, 0.2) is 23.1 Å². The number of rotatable bonds is 4. The lowest BCUT2D eigenvalue weighted by Gasteiger charge is -2.07. The zero-order chi connectivity index (χ0) is 18.6. The van der Waals surface area contributed by atoms with E-state index in [0.29, 0.717) is 43.5 Å². The monoisotopic (exact) mass is 367 g/mol. The molecule has 0 aromatic heterocycles. The number of benzene rings is 2. The maximum atomic E-state index is 12.9. The fraction of sp³-hybridized carbons (Fsp3) is 0.238. The highest BCUT2D eigenvalue weighted by Gasteiger charge is 2.23. The quantitative estimate of drug-likeness (QED) is 0.607. The van der Waals surface area contributed by atoms with Crippen molar-refractivity contribution in [1.29, 1.82) is 0 Å². The van der Waals surface area contributed by atoms with Crippen LogP contribution >= 0.6 is 0 Å². The van der Waals surface area contributed by atoms with Gasteiger partial charge in [0.05, 0.1) is 13.2 Å². The van der Waals surface area contributed by atoms with Crippen LogP contribution in [0.15, 0.2) is 53.2 Å². The molecular formula is C21H18FNO4. The Morgan fingerprint density at radius 3 is 2.59 bits per heavy atom. The Labute approximate surface area is 156 Å². The summed E-state index contributed by atoms with van der Waals surface area (Å²) in [5.74, 6) is 0.978. The van der Waals surface area contributed by atoms with E-state index in [1.165, 1.54) is 12.1 Å². The molecule has 2 aliphatic rings. The first kappa shape index (κ1) is 17.3. The van der Waals surface area contributed by atoms with Gasteiger partial charge in [-0.05, 0) is 47.9 Å². The second-order valence-electron chi connectivity index (χ2n) is 6.31. The Balaban J connectivity index is 1.47. The summed E-state index contributed by atoms with van der Waals surface area (Å²) in [6, 6.07) is 11.7. The van der Waals surface area contributed by atoms with Crippen molar-refractivity contribution < 1.29 is 23.4 Å². The summed E-state index contributed by atoms with van der Waals surface area (Å²) in [4.78, 5) is 16.4. The highest BCUT2D eigenvalue weighted by molar-refractivity contribution is 6.07. The standard InChI is InChI=1S/C21H18FNO4/c22-16-6-2-14(3-7-16)5-9-20-23-17(21(24)27-20)12-15-4-8-18-19(13-15)26-11-1-10-25-18/h2-4,6-8,12-13H,1,5,9-11H2/b17-12+. The van der Waals surface area contributed by atoms with Crippen molar-refractivity contribution in [3.63, 3.8) is 0 Å². The van der Waals surface area contributed by atoms with Gasteiger partial charge in [0.25, 0.3) is 0 Å². The molecular weight excluding hydrogens is 349 g/mol. The van der Waals surface area contributed by atoms with E-state index in [9.17, 15) is 9.18 Å². The molecule has 0 amide bonds. The van der Waals surface area contributed by atoms with Crippen LogP contribution in [0.4, 0.5) is 4.39 Å². The van der Waals surface area contributed by atoms with Crippen LogP contribution in [0.1, 0.15) is 24.0 Å². The van der Waals surface area contributed by atoms with Gasteiger partial charge in [-0.2, -0.15) is 0 Å². The van der Waals surface area contributed by atoms with E-state index in [-0.39, 0.29) is 11.5 Å². The molecule has 0 saturated heterocycles. The van der Waals surface area contributed by atoms with Crippen molar-refractivity contribution in [2.24, 2.45) is 4.99 Å². The highest BCUT2D eigenvalue weighted by Crippen LogP contribution is 2.31. The zero-order valence-electron chi connectivity index (χ0n) is 14.6. The van der Waals surface area contributed by atoms with E-state index >= 15 is 0 Å². The molecule has 0 spiro atoms. The van der Waals surface area contributed by atoms with Gasteiger partial charge in [0.1, 0.15) is 5.82 Å². The molecule has 0 aliphatic carbocycles. The minimum atomic E-state index is -0.476. The van der Waals surface area contributed by atoms with Gasteiger partial charge in [-0.3, -0.25) is 0 Å². The Morgan fingerprint density at radius 1 is 1.00 bits per heavy atom. The summed E-state index contributed by atoms with van der Waals surface area (Å²) in [6.45, 7) is 1.22. The second-order valence-corrected chi connectivity index (χ2v) is 6.31. The summed E-state index contributed by atoms with van der Waals surface area (Å²) >= 11 is 0. The van der Waals surface area contributed by atoms with E-state index in [1.807, 2.05) is 18.2 Å². The van der Waals surface area contributed by atoms with Crippen molar-refractivity contribution in [1.82, 2.24) is 0 Å². The van der Waals surface area contributed by atoms with E-state index in [0.717, 1.165) is 17.5 Å². The molecule has 2 heterocycles. The number of hydrogen-bond acceptors (Lipinski definition) is 5. The molecule has 0 unspecified atom stereocenters. The summed E-state index contributed by atoms with van der Waals surface area (Å²) < 4.78 is 29.5. The minimum Gasteiger partial charge on any atom is -0.490 e. The number of aliphatic imine (C=N–C) groups is 1. The molecule has 2 aromatic rings.